The maximum Gasteiger partial charge on any atom is 0.246 e. The molecule has 0 unspecified atom stereocenters. The van der Waals surface area contributed by atoms with Crippen LogP contribution in [0.4, 0.5) is 11.4 Å². The smallest absolute Gasteiger partial charge is 0.246 e. The molecule has 0 fully saturated rings. The summed E-state index contributed by atoms with van der Waals surface area (Å²) in [6.45, 7) is 1.83. The summed E-state index contributed by atoms with van der Waals surface area (Å²) in [6, 6.07) is 19.1. The standard InChI is InChI=1S/C23H22N2O3S/c1-14(24-15-7-6-8-16(11-15)29-3)23(26)25-19-13-21-18(12-22(19)27-2)17-9-4-5-10-20(17)28-21/h4-14,24H,1-3H3,(H,25,26)/t14-/m0/s1. The molecule has 148 valence electrons. The lowest BCUT2D eigenvalue weighted by Gasteiger charge is -2.17. The van der Waals surface area contributed by atoms with Crippen molar-refractivity contribution in [2.24, 2.45) is 0 Å². The Morgan fingerprint density at radius 2 is 1.86 bits per heavy atom. The molecule has 4 rings (SSSR count). The molecule has 0 saturated heterocycles. The minimum absolute atomic E-state index is 0.159. The van der Waals surface area contributed by atoms with Gasteiger partial charge in [-0.05, 0) is 43.5 Å². The number of thioether (sulfide) groups is 1. The molecule has 1 amide bonds. The third-order valence-electron chi connectivity index (χ3n) is 4.80. The first-order valence-corrected chi connectivity index (χ1v) is 10.5. The fourth-order valence-electron chi connectivity index (χ4n) is 3.29. The van der Waals surface area contributed by atoms with E-state index in [4.69, 9.17) is 9.15 Å². The molecule has 1 heterocycles. The van der Waals surface area contributed by atoms with Gasteiger partial charge in [0.25, 0.3) is 0 Å². The maximum atomic E-state index is 12.8. The molecule has 0 aliphatic rings. The number of anilines is 2. The number of carbonyl (C=O) groups excluding carboxylic acids is 1. The highest BCUT2D eigenvalue weighted by Gasteiger charge is 2.17. The highest BCUT2D eigenvalue weighted by molar-refractivity contribution is 7.98. The van der Waals surface area contributed by atoms with Crippen molar-refractivity contribution in [1.82, 2.24) is 0 Å². The van der Waals surface area contributed by atoms with Gasteiger partial charge in [0.15, 0.2) is 0 Å². The van der Waals surface area contributed by atoms with Crippen LogP contribution in [0.2, 0.25) is 0 Å². The molecule has 1 atom stereocenters. The molecule has 0 aliphatic heterocycles. The molecule has 1 aromatic heterocycles. The van der Waals surface area contributed by atoms with Crippen LogP contribution in [0.5, 0.6) is 5.75 Å². The summed E-state index contributed by atoms with van der Waals surface area (Å²) >= 11 is 1.66. The first kappa shape index (κ1) is 19.2. The van der Waals surface area contributed by atoms with E-state index in [0.717, 1.165) is 26.9 Å². The number of amides is 1. The topological polar surface area (TPSA) is 63.5 Å². The molecule has 6 heteroatoms. The molecule has 0 saturated carbocycles. The van der Waals surface area contributed by atoms with E-state index in [0.29, 0.717) is 17.0 Å². The number of rotatable bonds is 6. The Labute approximate surface area is 173 Å². The molecular weight excluding hydrogens is 384 g/mol. The van der Waals surface area contributed by atoms with Crippen LogP contribution in [0.3, 0.4) is 0 Å². The van der Waals surface area contributed by atoms with Gasteiger partial charge in [0.1, 0.15) is 23.0 Å². The lowest BCUT2D eigenvalue weighted by Crippen LogP contribution is -2.32. The van der Waals surface area contributed by atoms with E-state index in [1.807, 2.05) is 73.8 Å². The van der Waals surface area contributed by atoms with Crippen LogP contribution in [0.1, 0.15) is 6.92 Å². The maximum absolute atomic E-state index is 12.8. The molecule has 0 radical (unpaired) electrons. The van der Waals surface area contributed by atoms with Crippen LogP contribution < -0.4 is 15.4 Å². The Kier molecular flexibility index (Phi) is 5.36. The number of furan rings is 1. The Hall–Kier alpha value is -3.12. The minimum Gasteiger partial charge on any atom is -0.495 e. The first-order chi connectivity index (χ1) is 14.1. The second-order valence-corrected chi connectivity index (χ2v) is 7.61. The van der Waals surface area contributed by atoms with Crippen molar-refractivity contribution in [3.05, 3.63) is 60.7 Å². The van der Waals surface area contributed by atoms with E-state index in [9.17, 15) is 4.79 Å². The zero-order valence-electron chi connectivity index (χ0n) is 16.5. The summed E-state index contributed by atoms with van der Waals surface area (Å²) in [6.07, 6.45) is 2.02. The van der Waals surface area contributed by atoms with E-state index in [2.05, 4.69) is 10.6 Å². The summed E-state index contributed by atoms with van der Waals surface area (Å²) < 4.78 is 11.5. The number of para-hydroxylation sites is 1. The van der Waals surface area contributed by atoms with Gasteiger partial charge in [-0.1, -0.05) is 24.3 Å². The van der Waals surface area contributed by atoms with Gasteiger partial charge in [0.2, 0.25) is 5.91 Å². The van der Waals surface area contributed by atoms with Gasteiger partial charge in [-0.3, -0.25) is 4.79 Å². The zero-order valence-corrected chi connectivity index (χ0v) is 17.3. The Bertz CT molecular complexity index is 1190. The van der Waals surface area contributed by atoms with Crippen LogP contribution in [0.15, 0.2) is 70.0 Å². The van der Waals surface area contributed by atoms with Gasteiger partial charge >= 0.3 is 0 Å². The van der Waals surface area contributed by atoms with Gasteiger partial charge < -0.3 is 19.8 Å². The van der Waals surface area contributed by atoms with E-state index in [-0.39, 0.29) is 5.91 Å². The fourth-order valence-corrected chi connectivity index (χ4v) is 3.75. The SMILES string of the molecule is COc1cc2c(cc1NC(=O)[C@H](C)Nc1cccc(SC)c1)oc1ccccc12. The molecule has 29 heavy (non-hydrogen) atoms. The van der Waals surface area contributed by atoms with E-state index in [1.54, 1.807) is 18.9 Å². The van der Waals surface area contributed by atoms with Gasteiger partial charge in [0.05, 0.1) is 12.8 Å². The lowest BCUT2D eigenvalue weighted by molar-refractivity contribution is -0.116. The monoisotopic (exact) mass is 406 g/mol. The van der Waals surface area contributed by atoms with Crippen LogP contribution in [0.25, 0.3) is 21.9 Å². The largest absolute Gasteiger partial charge is 0.495 e. The second kappa shape index (κ2) is 8.09. The lowest BCUT2D eigenvalue weighted by atomic mass is 10.1. The quantitative estimate of drug-likeness (QED) is 0.399. The van der Waals surface area contributed by atoms with Crippen LogP contribution in [-0.2, 0) is 4.79 Å². The van der Waals surface area contributed by atoms with Crippen molar-refractivity contribution < 1.29 is 13.9 Å². The number of fused-ring (bicyclic) bond motifs is 3. The first-order valence-electron chi connectivity index (χ1n) is 9.30. The van der Waals surface area contributed by atoms with E-state index in [1.165, 1.54) is 0 Å². The molecule has 3 aromatic carbocycles. The second-order valence-electron chi connectivity index (χ2n) is 6.73. The van der Waals surface area contributed by atoms with Gasteiger partial charge in [0, 0.05) is 27.4 Å². The summed E-state index contributed by atoms with van der Waals surface area (Å²) in [5, 5.41) is 8.17. The minimum atomic E-state index is -0.428. The normalized spacial score (nSPS) is 12.1. The van der Waals surface area contributed by atoms with Gasteiger partial charge in [-0.15, -0.1) is 11.8 Å². The highest BCUT2D eigenvalue weighted by atomic mass is 32.2. The number of methoxy groups -OCH3 is 1. The highest BCUT2D eigenvalue weighted by Crippen LogP contribution is 2.36. The Morgan fingerprint density at radius 3 is 2.66 bits per heavy atom. The number of carbonyl (C=O) groups is 1. The van der Waals surface area contributed by atoms with Crippen molar-refractivity contribution in [2.45, 2.75) is 17.9 Å². The molecular formula is C23H22N2O3S. The van der Waals surface area contributed by atoms with Gasteiger partial charge in [-0.25, -0.2) is 0 Å². The number of nitrogens with one attached hydrogen (secondary N) is 2. The summed E-state index contributed by atoms with van der Waals surface area (Å²) in [5.41, 5.74) is 2.99. The zero-order chi connectivity index (χ0) is 20.4. The summed E-state index contributed by atoms with van der Waals surface area (Å²) in [7, 11) is 1.59. The van der Waals surface area contributed by atoms with Crippen molar-refractivity contribution in [3.8, 4) is 5.75 Å². The third-order valence-corrected chi connectivity index (χ3v) is 5.53. The van der Waals surface area contributed by atoms with Crippen LogP contribution >= 0.6 is 11.8 Å². The average Bonchev–Trinajstić information content (AvgIpc) is 3.10. The molecule has 0 bridgehead atoms. The molecule has 4 aromatic rings. The number of ether oxygens (including phenoxy) is 1. The average molecular weight is 407 g/mol. The summed E-state index contributed by atoms with van der Waals surface area (Å²) in [5.74, 6) is 0.433. The Balaban J connectivity index is 1.58. The Morgan fingerprint density at radius 1 is 1.03 bits per heavy atom. The van der Waals surface area contributed by atoms with Crippen molar-refractivity contribution in [1.29, 1.82) is 0 Å². The summed E-state index contributed by atoms with van der Waals surface area (Å²) in [4.78, 5) is 13.9. The van der Waals surface area contributed by atoms with Crippen molar-refractivity contribution in [3.63, 3.8) is 0 Å². The molecule has 0 aliphatic carbocycles. The van der Waals surface area contributed by atoms with Crippen molar-refractivity contribution >= 4 is 51.0 Å². The molecule has 5 nitrogen and oxygen atoms in total. The number of benzene rings is 3. The number of hydrogen-bond acceptors (Lipinski definition) is 5. The predicted molar refractivity (Wildman–Crippen MR) is 120 cm³/mol. The van der Waals surface area contributed by atoms with Crippen LogP contribution in [-0.4, -0.2) is 25.3 Å². The molecule has 2 N–H and O–H groups in total. The number of hydrogen-bond donors (Lipinski definition) is 2. The third kappa shape index (κ3) is 3.89. The fraction of sp³-hybridized carbons (Fsp3) is 0.174. The van der Waals surface area contributed by atoms with Crippen LogP contribution in [0, 0.1) is 0 Å². The van der Waals surface area contributed by atoms with E-state index < -0.39 is 6.04 Å². The molecule has 0 spiro atoms. The van der Waals surface area contributed by atoms with Gasteiger partial charge in [-0.2, -0.15) is 0 Å². The van der Waals surface area contributed by atoms with E-state index >= 15 is 0 Å². The van der Waals surface area contributed by atoms with Crippen molar-refractivity contribution in [2.75, 3.05) is 24.0 Å². The predicted octanol–water partition coefficient (Wildman–Crippen LogP) is 5.76.